The molecule has 7 nitrogen and oxygen atoms in total. The van der Waals surface area contributed by atoms with Gasteiger partial charge in [0.25, 0.3) is 5.89 Å². The van der Waals surface area contributed by atoms with Crippen molar-refractivity contribution < 1.29 is 8.94 Å². The standard InChI is InChI=1S/C10H7N5O2/c11-8-7(12-3-4-13-8)10-14-9(15-17-10)6-2-1-5-16-6/h1-5H,(H2,11,13). The van der Waals surface area contributed by atoms with Crippen molar-refractivity contribution in [3.05, 3.63) is 30.8 Å². The van der Waals surface area contributed by atoms with Crippen LogP contribution in [0.2, 0.25) is 0 Å². The van der Waals surface area contributed by atoms with Crippen LogP contribution in [0.15, 0.2) is 39.7 Å². The lowest BCUT2D eigenvalue weighted by molar-refractivity contribution is 0.428. The molecule has 0 radical (unpaired) electrons. The van der Waals surface area contributed by atoms with Crippen molar-refractivity contribution in [2.24, 2.45) is 0 Å². The van der Waals surface area contributed by atoms with Crippen molar-refractivity contribution in [1.82, 2.24) is 20.1 Å². The summed E-state index contributed by atoms with van der Waals surface area (Å²) in [6, 6.07) is 3.47. The van der Waals surface area contributed by atoms with Crippen LogP contribution in [-0.2, 0) is 0 Å². The summed E-state index contributed by atoms with van der Waals surface area (Å²) < 4.78 is 10.2. The Morgan fingerprint density at radius 2 is 2.06 bits per heavy atom. The predicted molar refractivity (Wildman–Crippen MR) is 57.4 cm³/mol. The molecular weight excluding hydrogens is 222 g/mol. The molecule has 0 unspecified atom stereocenters. The first-order valence-electron chi connectivity index (χ1n) is 4.79. The molecule has 0 fully saturated rings. The minimum Gasteiger partial charge on any atom is -0.461 e. The maximum absolute atomic E-state index is 5.66. The molecule has 0 atom stereocenters. The second-order valence-electron chi connectivity index (χ2n) is 3.19. The Balaban J connectivity index is 2.04. The molecule has 7 heteroatoms. The van der Waals surface area contributed by atoms with Gasteiger partial charge in [-0.3, -0.25) is 0 Å². The van der Waals surface area contributed by atoms with Crippen LogP contribution in [0.3, 0.4) is 0 Å². The first-order chi connectivity index (χ1) is 8.34. The van der Waals surface area contributed by atoms with Gasteiger partial charge in [0.15, 0.2) is 17.3 Å². The summed E-state index contributed by atoms with van der Waals surface area (Å²) in [6.07, 6.45) is 4.52. The molecule has 0 aromatic carbocycles. The first kappa shape index (κ1) is 9.52. The van der Waals surface area contributed by atoms with Crippen LogP contribution in [-0.4, -0.2) is 20.1 Å². The molecule has 0 saturated carbocycles. The van der Waals surface area contributed by atoms with E-state index in [1.165, 1.54) is 18.7 Å². The second-order valence-corrected chi connectivity index (χ2v) is 3.19. The van der Waals surface area contributed by atoms with Crippen LogP contribution in [0.5, 0.6) is 0 Å². The van der Waals surface area contributed by atoms with Crippen LogP contribution >= 0.6 is 0 Å². The number of nitrogens with two attached hydrogens (primary N) is 1. The molecule has 0 aliphatic heterocycles. The summed E-state index contributed by atoms with van der Waals surface area (Å²) in [4.78, 5) is 12.1. The Kier molecular flexibility index (Phi) is 2.08. The minimum absolute atomic E-state index is 0.210. The van der Waals surface area contributed by atoms with Crippen LogP contribution in [0, 0.1) is 0 Å². The van der Waals surface area contributed by atoms with Crippen LogP contribution in [0.1, 0.15) is 0 Å². The Hall–Kier alpha value is -2.70. The molecule has 3 aromatic heterocycles. The predicted octanol–water partition coefficient (Wildman–Crippen LogP) is 1.37. The van der Waals surface area contributed by atoms with Gasteiger partial charge in [0.1, 0.15) is 0 Å². The minimum atomic E-state index is 0.210. The zero-order chi connectivity index (χ0) is 11.7. The van der Waals surface area contributed by atoms with Crippen molar-refractivity contribution in [1.29, 1.82) is 0 Å². The van der Waals surface area contributed by atoms with E-state index in [0.717, 1.165) is 0 Å². The van der Waals surface area contributed by atoms with Gasteiger partial charge < -0.3 is 14.7 Å². The van der Waals surface area contributed by atoms with Crippen molar-refractivity contribution in [2.75, 3.05) is 5.73 Å². The van der Waals surface area contributed by atoms with Gasteiger partial charge in [-0.1, -0.05) is 5.16 Å². The highest BCUT2D eigenvalue weighted by Gasteiger charge is 2.15. The third kappa shape index (κ3) is 1.63. The Labute approximate surface area is 95.3 Å². The maximum atomic E-state index is 5.66. The number of hydrogen-bond acceptors (Lipinski definition) is 7. The number of hydrogen-bond donors (Lipinski definition) is 1. The third-order valence-corrected chi connectivity index (χ3v) is 2.10. The van der Waals surface area contributed by atoms with Crippen molar-refractivity contribution >= 4 is 5.82 Å². The zero-order valence-corrected chi connectivity index (χ0v) is 8.57. The van der Waals surface area contributed by atoms with E-state index < -0.39 is 0 Å². The Morgan fingerprint density at radius 3 is 2.82 bits per heavy atom. The van der Waals surface area contributed by atoms with Gasteiger partial charge in [-0.15, -0.1) is 0 Å². The quantitative estimate of drug-likeness (QED) is 0.707. The third-order valence-electron chi connectivity index (χ3n) is 2.10. The van der Waals surface area contributed by atoms with E-state index in [-0.39, 0.29) is 11.7 Å². The van der Waals surface area contributed by atoms with Crippen LogP contribution < -0.4 is 5.73 Å². The number of anilines is 1. The molecule has 0 amide bonds. The fourth-order valence-corrected chi connectivity index (χ4v) is 1.34. The van der Waals surface area contributed by atoms with E-state index in [9.17, 15) is 0 Å². The van der Waals surface area contributed by atoms with E-state index in [0.29, 0.717) is 17.3 Å². The molecule has 84 valence electrons. The number of furan rings is 1. The van der Waals surface area contributed by atoms with Gasteiger partial charge in [-0.2, -0.15) is 4.98 Å². The summed E-state index contributed by atoms with van der Waals surface area (Å²) >= 11 is 0. The van der Waals surface area contributed by atoms with Gasteiger partial charge in [0, 0.05) is 12.4 Å². The Bertz CT molecular complexity index is 632. The van der Waals surface area contributed by atoms with Gasteiger partial charge >= 0.3 is 0 Å². The molecule has 3 aromatic rings. The van der Waals surface area contributed by atoms with Gasteiger partial charge in [-0.05, 0) is 12.1 Å². The molecule has 0 aliphatic carbocycles. The second kappa shape index (κ2) is 3.71. The monoisotopic (exact) mass is 229 g/mol. The highest BCUT2D eigenvalue weighted by Crippen LogP contribution is 2.23. The molecule has 17 heavy (non-hydrogen) atoms. The normalized spacial score (nSPS) is 10.6. The first-order valence-corrected chi connectivity index (χ1v) is 4.79. The molecule has 0 saturated heterocycles. The summed E-state index contributed by atoms with van der Waals surface area (Å²) in [6.45, 7) is 0. The number of aromatic nitrogens is 4. The lowest BCUT2D eigenvalue weighted by Crippen LogP contribution is -1.95. The van der Waals surface area contributed by atoms with E-state index in [2.05, 4.69) is 20.1 Å². The molecule has 2 N–H and O–H groups in total. The Morgan fingerprint density at radius 1 is 1.18 bits per heavy atom. The van der Waals surface area contributed by atoms with E-state index in [1.54, 1.807) is 12.1 Å². The molecule has 0 spiro atoms. The average Bonchev–Trinajstić information content (AvgIpc) is 3.00. The largest absolute Gasteiger partial charge is 0.461 e. The maximum Gasteiger partial charge on any atom is 0.280 e. The van der Waals surface area contributed by atoms with E-state index >= 15 is 0 Å². The molecule has 3 rings (SSSR count). The zero-order valence-electron chi connectivity index (χ0n) is 8.57. The van der Waals surface area contributed by atoms with Crippen molar-refractivity contribution in [3.63, 3.8) is 0 Å². The SMILES string of the molecule is Nc1nccnc1-c1nc(-c2ccco2)no1. The number of rotatable bonds is 2. The molecular formula is C10H7N5O2. The summed E-state index contributed by atoms with van der Waals surface area (Å²) in [5.41, 5.74) is 6.01. The van der Waals surface area contributed by atoms with Crippen LogP contribution in [0.25, 0.3) is 23.2 Å². The van der Waals surface area contributed by atoms with Gasteiger partial charge in [-0.25, -0.2) is 9.97 Å². The lowest BCUT2D eigenvalue weighted by atomic mass is 10.4. The highest BCUT2D eigenvalue weighted by molar-refractivity contribution is 5.62. The topological polar surface area (TPSA) is 104 Å². The highest BCUT2D eigenvalue weighted by atomic mass is 16.5. The van der Waals surface area contributed by atoms with E-state index in [1.807, 2.05) is 0 Å². The van der Waals surface area contributed by atoms with Crippen LogP contribution in [0.4, 0.5) is 5.82 Å². The lowest BCUT2D eigenvalue weighted by Gasteiger charge is -1.95. The smallest absolute Gasteiger partial charge is 0.280 e. The number of nitrogens with zero attached hydrogens (tertiary/aromatic N) is 4. The van der Waals surface area contributed by atoms with Crippen molar-refractivity contribution in [3.8, 4) is 23.2 Å². The van der Waals surface area contributed by atoms with Crippen molar-refractivity contribution in [2.45, 2.75) is 0 Å². The molecule has 0 aliphatic rings. The summed E-state index contributed by atoms with van der Waals surface area (Å²) in [5.74, 6) is 1.31. The fourth-order valence-electron chi connectivity index (χ4n) is 1.34. The van der Waals surface area contributed by atoms with E-state index in [4.69, 9.17) is 14.7 Å². The van der Waals surface area contributed by atoms with Gasteiger partial charge in [0.05, 0.1) is 6.26 Å². The number of nitrogen functional groups attached to an aromatic ring is 1. The average molecular weight is 229 g/mol. The molecule has 3 heterocycles. The molecule has 0 bridgehead atoms. The summed E-state index contributed by atoms with van der Waals surface area (Å²) in [5, 5.41) is 3.77. The fraction of sp³-hybridized carbons (Fsp3) is 0. The van der Waals surface area contributed by atoms with Gasteiger partial charge in [0.2, 0.25) is 5.82 Å². The summed E-state index contributed by atoms with van der Waals surface area (Å²) in [7, 11) is 0.